The molecule has 0 fully saturated rings. The van der Waals surface area contributed by atoms with Crippen LogP contribution in [-0.4, -0.2) is 47.0 Å². The topological polar surface area (TPSA) is 114 Å². The average Bonchev–Trinajstić information content (AvgIpc) is 3.41. The first-order valence-electron chi connectivity index (χ1n) is 10.7. The lowest BCUT2D eigenvalue weighted by molar-refractivity contribution is 0.397. The third-order valence-electron chi connectivity index (χ3n) is 5.68. The quantitative estimate of drug-likeness (QED) is 0.302. The van der Waals surface area contributed by atoms with Crippen LogP contribution in [0, 0.1) is 0 Å². The molecule has 0 aliphatic rings. The summed E-state index contributed by atoms with van der Waals surface area (Å²) >= 11 is 0. The molecule has 0 aliphatic heterocycles. The molecule has 4 aromatic rings. The molecule has 0 saturated heterocycles. The molecule has 2 heterocycles. The van der Waals surface area contributed by atoms with E-state index < -0.39 is 14.2 Å². The highest BCUT2D eigenvalue weighted by Crippen LogP contribution is 2.30. The monoisotopic (exact) mass is 481 g/mol. The van der Waals surface area contributed by atoms with Crippen LogP contribution in [0.5, 0.6) is 0 Å². The Kier molecular flexibility index (Phi) is 5.92. The van der Waals surface area contributed by atoms with Crippen molar-refractivity contribution in [1.29, 1.82) is 0 Å². The van der Waals surface area contributed by atoms with Gasteiger partial charge in [-0.15, -0.1) is 0 Å². The maximum atomic E-state index is 11.6. The van der Waals surface area contributed by atoms with Gasteiger partial charge in [0.15, 0.2) is 0 Å². The molecule has 34 heavy (non-hydrogen) atoms. The molecule has 2 aromatic heterocycles. The molecule has 2 aromatic carbocycles. The maximum Gasteiger partial charge on any atom is 0.276 e. The predicted octanol–water partition coefficient (Wildman–Crippen LogP) is 3.97. The molecule has 0 unspecified atom stereocenters. The minimum Gasteiger partial charge on any atom is -0.701 e. The Morgan fingerprint density at radius 2 is 1.68 bits per heavy atom. The van der Waals surface area contributed by atoms with Crippen molar-refractivity contribution in [3.63, 3.8) is 0 Å². The zero-order chi connectivity index (χ0) is 24.7. The molecule has 10 heteroatoms. The van der Waals surface area contributed by atoms with E-state index >= 15 is 0 Å². The van der Waals surface area contributed by atoms with E-state index in [2.05, 4.69) is 30.9 Å². The summed E-state index contributed by atoms with van der Waals surface area (Å²) in [5, 5.41) is 8.91. The van der Waals surface area contributed by atoms with Crippen molar-refractivity contribution in [3.8, 4) is 23.0 Å². The fraction of sp³-hybridized carbons (Fsp3) is 0.292. The van der Waals surface area contributed by atoms with E-state index in [-0.39, 0.29) is 5.41 Å². The van der Waals surface area contributed by atoms with Crippen LogP contribution in [-0.2, 0) is 22.3 Å². The van der Waals surface area contributed by atoms with Gasteiger partial charge in [-0.3, -0.25) is 4.68 Å². The molecular formula is C24H27N5O4S. The number of hydrogen-bond donors (Lipinski definition) is 0. The molecule has 0 amide bonds. The smallest absolute Gasteiger partial charge is 0.276 e. The lowest BCUT2D eigenvalue weighted by Gasteiger charge is -2.30. The summed E-state index contributed by atoms with van der Waals surface area (Å²) < 4.78 is 41.4. The van der Waals surface area contributed by atoms with Gasteiger partial charge in [0.25, 0.3) is 16.2 Å². The fourth-order valence-electron chi connectivity index (χ4n) is 3.38. The maximum absolute atomic E-state index is 11.6. The van der Waals surface area contributed by atoms with Gasteiger partial charge in [0.05, 0.1) is 26.3 Å². The van der Waals surface area contributed by atoms with E-state index in [0.717, 1.165) is 11.3 Å². The van der Waals surface area contributed by atoms with Crippen LogP contribution in [0.25, 0.3) is 23.0 Å². The Morgan fingerprint density at radius 1 is 1.03 bits per heavy atom. The van der Waals surface area contributed by atoms with Crippen molar-refractivity contribution in [1.82, 2.24) is 23.8 Å². The van der Waals surface area contributed by atoms with Crippen LogP contribution in [0.1, 0.15) is 32.0 Å². The van der Waals surface area contributed by atoms with Gasteiger partial charge in [0, 0.05) is 23.1 Å². The normalized spacial score (nSPS) is 12.8. The molecule has 178 valence electrons. The minimum absolute atomic E-state index is 0.164. The van der Waals surface area contributed by atoms with Crippen molar-refractivity contribution in [2.75, 3.05) is 14.1 Å². The Balaban J connectivity index is 1.68. The molecule has 9 nitrogen and oxygen atoms in total. The van der Waals surface area contributed by atoms with Gasteiger partial charge >= 0.3 is 0 Å². The average molecular weight is 482 g/mol. The summed E-state index contributed by atoms with van der Waals surface area (Å²) in [6, 6.07) is 18.4. The summed E-state index contributed by atoms with van der Waals surface area (Å²) in [5.74, 6) is 0.679. The molecule has 0 spiro atoms. The second-order valence-corrected chi connectivity index (χ2v) is 11.3. The second-order valence-electron chi connectivity index (χ2n) is 9.56. The Bertz CT molecular complexity index is 1400. The first-order chi connectivity index (χ1) is 15.9. The van der Waals surface area contributed by atoms with Crippen LogP contribution in [0.3, 0.4) is 0 Å². The summed E-state index contributed by atoms with van der Waals surface area (Å²) in [5.41, 5.74) is 3.50. The van der Waals surface area contributed by atoms with Gasteiger partial charge in [-0.2, -0.15) is 18.5 Å². The second kappa shape index (κ2) is 8.46. The van der Waals surface area contributed by atoms with E-state index in [1.165, 1.54) is 14.1 Å². The van der Waals surface area contributed by atoms with Gasteiger partial charge in [-0.05, 0) is 23.8 Å². The Morgan fingerprint density at radius 3 is 2.26 bits per heavy atom. The molecule has 0 saturated carbocycles. The number of quaternary nitrogens is 1. The van der Waals surface area contributed by atoms with Crippen LogP contribution in [0.4, 0.5) is 5.69 Å². The third-order valence-corrected chi connectivity index (χ3v) is 7.00. The van der Waals surface area contributed by atoms with E-state index in [4.69, 9.17) is 9.62 Å². The Hall–Kier alpha value is -3.34. The van der Waals surface area contributed by atoms with E-state index in [9.17, 15) is 13.0 Å². The van der Waals surface area contributed by atoms with Gasteiger partial charge in [0.1, 0.15) is 11.4 Å². The summed E-state index contributed by atoms with van der Waals surface area (Å²) in [6.07, 6.45) is 0. The summed E-state index contributed by atoms with van der Waals surface area (Å²) in [7, 11) is -1.93. The molecule has 0 atom stereocenters. The molecule has 4 rings (SSSR count). The van der Waals surface area contributed by atoms with Crippen LogP contribution < -0.4 is 3.89 Å². The lowest BCUT2D eigenvalue weighted by Crippen LogP contribution is -2.46. The third kappa shape index (κ3) is 4.65. The number of hydrogen-bond acceptors (Lipinski definition) is 7. The zero-order valence-corrected chi connectivity index (χ0v) is 20.6. The molecular weight excluding hydrogens is 454 g/mol. The van der Waals surface area contributed by atoms with Crippen LogP contribution in [0.2, 0.25) is 0 Å². The van der Waals surface area contributed by atoms with Crippen molar-refractivity contribution < 1.29 is 17.5 Å². The fourth-order valence-corrected chi connectivity index (χ4v) is 3.76. The van der Waals surface area contributed by atoms with E-state index in [0.29, 0.717) is 35.2 Å². The first-order valence-corrected chi connectivity index (χ1v) is 12.1. The SMILES string of the molecule is CC(C)(C)c1cc(-c2nc(-c3ccc([N+](C)(C)S(=O)(=O)[O-])cc3)no2)n(Cc2ccccc2)n1. The molecule has 0 N–H and O–H groups in total. The highest BCUT2D eigenvalue weighted by atomic mass is 32.2. The molecule has 0 aliphatic carbocycles. The predicted molar refractivity (Wildman–Crippen MR) is 129 cm³/mol. The van der Waals surface area contributed by atoms with Gasteiger partial charge in [-0.25, -0.2) is 3.89 Å². The van der Waals surface area contributed by atoms with Gasteiger partial charge in [-0.1, -0.05) is 56.3 Å². The Labute approximate surface area is 199 Å². The van der Waals surface area contributed by atoms with Crippen LogP contribution >= 0.6 is 0 Å². The number of nitrogens with zero attached hydrogens (tertiary/aromatic N) is 5. The summed E-state index contributed by atoms with van der Waals surface area (Å²) in [6.45, 7) is 6.83. The summed E-state index contributed by atoms with van der Waals surface area (Å²) in [4.78, 5) is 4.57. The highest BCUT2D eigenvalue weighted by Gasteiger charge is 2.27. The van der Waals surface area contributed by atoms with Crippen molar-refractivity contribution in [2.24, 2.45) is 0 Å². The number of aromatic nitrogens is 4. The van der Waals surface area contributed by atoms with Crippen molar-refractivity contribution in [3.05, 3.63) is 71.9 Å². The minimum atomic E-state index is -4.58. The lowest BCUT2D eigenvalue weighted by atomic mass is 9.92. The van der Waals surface area contributed by atoms with E-state index in [1.54, 1.807) is 24.3 Å². The molecule has 0 bridgehead atoms. The first kappa shape index (κ1) is 23.8. The van der Waals surface area contributed by atoms with Crippen LogP contribution in [0.15, 0.2) is 65.2 Å². The highest BCUT2D eigenvalue weighted by molar-refractivity contribution is 7.85. The molecule has 0 radical (unpaired) electrons. The van der Waals surface area contributed by atoms with Crippen molar-refractivity contribution in [2.45, 2.75) is 32.7 Å². The largest absolute Gasteiger partial charge is 0.701 e. The standard InChI is InChI=1S/C24H27N5O4S/c1-24(2,3)21-15-20(28(26-21)16-17-9-7-6-8-10-17)23-25-22(27-33-23)18-11-13-19(14-12-18)29(4,5)34(30,31)32/h6-15H,16H2,1-5H3. The number of benzene rings is 2. The van der Waals surface area contributed by atoms with E-state index in [1.807, 2.05) is 41.1 Å². The zero-order valence-electron chi connectivity index (χ0n) is 19.8. The number of rotatable bonds is 6. The van der Waals surface area contributed by atoms with Crippen molar-refractivity contribution >= 4 is 16.0 Å². The van der Waals surface area contributed by atoms with Gasteiger partial charge < -0.3 is 9.08 Å². The van der Waals surface area contributed by atoms with Gasteiger partial charge in [0.2, 0.25) is 5.82 Å².